The molecule has 0 aliphatic rings. The number of methoxy groups -OCH3 is 1. The maximum atomic E-state index is 12.3. The van der Waals surface area contributed by atoms with Crippen molar-refractivity contribution >= 4 is 56.8 Å². The third-order valence-electron chi connectivity index (χ3n) is 3.07. The molecule has 0 spiro atoms. The van der Waals surface area contributed by atoms with Crippen molar-refractivity contribution in [2.75, 3.05) is 12.4 Å². The van der Waals surface area contributed by atoms with E-state index in [-0.39, 0.29) is 17.1 Å². The molecule has 8 heteroatoms. The maximum absolute atomic E-state index is 12.3. The fourth-order valence-electron chi connectivity index (χ4n) is 1.97. The Morgan fingerprint density at radius 2 is 1.92 bits per heavy atom. The van der Waals surface area contributed by atoms with Crippen LogP contribution in [0.25, 0.3) is 6.08 Å². The number of halogens is 3. The van der Waals surface area contributed by atoms with Crippen molar-refractivity contribution in [1.29, 1.82) is 5.26 Å². The molecule has 1 amide bonds. The zero-order chi connectivity index (χ0) is 18.6. The molecule has 0 aromatic heterocycles. The quantitative estimate of drug-likeness (QED) is 0.515. The minimum absolute atomic E-state index is 0.0730. The molecule has 0 radical (unpaired) electrons. The van der Waals surface area contributed by atoms with Gasteiger partial charge in [0.05, 0.1) is 11.6 Å². The first kappa shape index (κ1) is 19.1. The minimum atomic E-state index is -0.621. The summed E-state index contributed by atoms with van der Waals surface area (Å²) >= 11 is 15.0. The molecule has 2 N–H and O–H groups in total. The number of phenols is 1. The smallest absolute Gasteiger partial charge is 0.266 e. The van der Waals surface area contributed by atoms with Gasteiger partial charge in [0.15, 0.2) is 11.5 Å². The Kier molecular flexibility index (Phi) is 6.32. The van der Waals surface area contributed by atoms with E-state index in [1.165, 1.54) is 37.5 Å². The summed E-state index contributed by atoms with van der Waals surface area (Å²) in [6, 6.07) is 9.45. The number of amides is 1. The molecule has 128 valence electrons. The summed E-state index contributed by atoms with van der Waals surface area (Å²) < 4.78 is 5.41. The first-order valence-electron chi connectivity index (χ1n) is 6.79. The highest BCUT2D eigenvalue weighted by atomic mass is 79.9. The predicted molar refractivity (Wildman–Crippen MR) is 101 cm³/mol. The molecule has 0 unspecified atom stereocenters. The monoisotopic (exact) mass is 440 g/mol. The lowest BCUT2D eigenvalue weighted by Gasteiger charge is -2.08. The third kappa shape index (κ3) is 4.89. The molecular formula is C17H11BrCl2N2O3. The highest BCUT2D eigenvalue weighted by Crippen LogP contribution is 2.35. The van der Waals surface area contributed by atoms with E-state index >= 15 is 0 Å². The van der Waals surface area contributed by atoms with Gasteiger partial charge in [-0.25, -0.2) is 0 Å². The molecule has 25 heavy (non-hydrogen) atoms. The zero-order valence-corrected chi connectivity index (χ0v) is 15.9. The van der Waals surface area contributed by atoms with Crippen molar-refractivity contribution in [2.45, 2.75) is 0 Å². The summed E-state index contributed by atoms with van der Waals surface area (Å²) in [5.74, 6) is -0.486. The fourth-order valence-corrected chi connectivity index (χ4v) is 2.96. The highest BCUT2D eigenvalue weighted by molar-refractivity contribution is 9.10. The summed E-state index contributed by atoms with van der Waals surface area (Å²) in [7, 11) is 1.40. The largest absolute Gasteiger partial charge is 0.503 e. The van der Waals surface area contributed by atoms with E-state index in [1.54, 1.807) is 6.07 Å². The van der Waals surface area contributed by atoms with Gasteiger partial charge in [-0.3, -0.25) is 4.79 Å². The third-order valence-corrected chi connectivity index (χ3v) is 4.11. The van der Waals surface area contributed by atoms with Gasteiger partial charge in [0.2, 0.25) is 0 Å². The van der Waals surface area contributed by atoms with Gasteiger partial charge in [-0.05, 0) is 57.9 Å². The van der Waals surface area contributed by atoms with Crippen LogP contribution in [0.2, 0.25) is 10.0 Å². The Hall–Kier alpha value is -2.20. The number of carbonyl (C=O) groups excluding carboxylic acids is 1. The van der Waals surface area contributed by atoms with Crippen molar-refractivity contribution < 1.29 is 14.6 Å². The van der Waals surface area contributed by atoms with Crippen molar-refractivity contribution in [1.82, 2.24) is 0 Å². The Labute approximate surface area is 162 Å². The van der Waals surface area contributed by atoms with E-state index < -0.39 is 5.91 Å². The van der Waals surface area contributed by atoms with Gasteiger partial charge in [0.25, 0.3) is 5.91 Å². The number of aromatic hydroxyl groups is 1. The van der Waals surface area contributed by atoms with Gasteiger partial charge in [0, 0.05) is 15.7 Å². The lowest BCUT2D eigenvalue weighted by Crippen LogP contribution is -2.13. The van der Waals surface area contributed by atoms with Crippen LogP contribution in [0.4, 0.5) is 5.69 Å². The SMILES string of the molecule is COc1cc(/C=C(/C#N)C(=O)Nc2cc(Cl)cc(Cl)c2)cc(Br)c1O. The van der Waals surface area contributed by atoms with Gasteiger partial charge >= 0.3 is 0 Å². The fraction of sp³-hybridized carbons (Fsp3) is 0.0588. The topological polar surface area (TPSA) is 82.3 Å². The van der Waals surface area contributed by atoms with Crippen molar-refractivity contribution in [3.8, 4) is 17.6 Å². The lowest BCUT2D eigenvalue weighted by molar-refractivity contribution is -0.112. The Balaban J connectivity index is 2.32. The van der Waals surface area contributed by atoms with Gasteiger partial charge in [-0.1, -0.05) is 23.2 Å². The Bertz CT molecular complexity index is 887. The molecule has 0 saturated carbocycles. The number of nitriles is 1. The summed E-state index contributed by atoms with van der Waals surface area (Å²) in [6.07, 6.45) is 1.37. The van der Waals surface area contributed by atoms with E-state index in [9.17, 15) is 15.2 Å². The normalized spacial score (nSPS) is 10.9. The Morgan fingerprint density at radius 1 is 1.28 bits per heavy atom. The zero-order valence-electron chi connectivity index (χ0n) is 12.8. The average Bonchev–Trinajstić information content (AvgIpc) is 2.54. The molecule has 0 atom stereocenters. The Morgan fingerprint density at radius 3 is 2.48 bits per heavy atom. The van der Waals surface area contributed by atoms with Gasteiger partial charge in [0.1, 0.15) is 11.6 Å². The second kappa shape index (κ2) is 8.26. The van der Waals surface area contributed by atoms with Gasteiger partial charge in [-0.15, -0.1) is 0 Å². The van der Waals surface area contributed by atoms with E-state index in [1.807, 2.05) is 6.07 Å². The molecule has 2 rings (SSSR count). The van der Waals surface area contributed by atoms with Crippen LogP contribution in [0.15, 0.2) is 40.4 Å². The number of anilines is 1. The average molecular weight is 442 g/mol. The van der Waals surface area contributed by atoms with Crippen molar-refractivity contribution in [3.63, 3.8) is 0 Å². The molecule has 0 fully saturated rings. The number of benzene rings is 2. The number of hydrogen-bond donors (Lipinski definition) is 2. The van der Waals surface area contributed by atoms with Crippen molar-refractivity contribution in [2.24, 2.45) is 0 Å². The first-order chi connectivity index (χ1) is 11.8. The molecule has 0 saturated heterocycles. The molecule has 0 aliphatic heterocycles. The van der Waals surface area contributed by atoms with E-state index in [0.717, 1.165) is 0 Å². The van der Waals surface area contributed by atoms with Gasteiger partial charge in [-0.2, -0.15) is 5.26 Å². The number of nitrogens with one attached hydrogen (secondary N) is 1. The standard InChI is InChI=1S/C17H11BrCl2N2O3/c1-25-15-4-9(3-14(18)16(15)23)2-10(8-21)17(24)22-13-6-11(19)5-12(20)7-13/h2-7,23H,1H3,(H,22,24)/b10-2-. The molecule has 2 aromatic carbocycles. The van der Waals surface area contributed by atoms with Crippen LogP contribution in [0, 0.1) is 11.3 Å². The number of hydrogen-bond acceptors (Lipinski definition) is 4. The van der Waals surface area contributed by atoms with Crippen LogP contribution in [-0.2, 0) is 4.79 Å². The summed E-state index contributed by atoms with van der Waals surface area (Å²) in [5.41, 5.74) is 0.723. The number of carbonyl (C=O) groups is 1. The summed E-state index contributed by atoms with van der Waals surface area (Å²) in [4.78, 5) is 12.3. The molecular weight excluding hydrogens is 431 g/mol. The van der Waals surface area contributed by atoms with E-state index in [4.69, 9.17) is 27.9 Å². The minimum Gasteiger partial charge on any atom is -0.503 e. The molecule has 0 aliphatic carbocycles. The second-order valence-electron chi connectivity index (χ2n) is 4.84. The number of nitrogens with zero attached hydrogens (tertiary/aromatic N) is 1. The predicted octanol–water partition coefficient (Wildman–Crippen LogP) is 5.02. The van der Waals surface area contributed by atoms with Gasteiger partial charge < -0.3 is 15.2 Å². The highest BCUT2D eigenvalue weighted by Gasteiger charge is 2.13. The van der Waals surface area contributed by atoms with E-state index in [0.29, 0.717) is 25.8 Å². The number of rotatable bonds is 4. The number of ether oxygens (including phenoxy) is 1. The van der Waals surface area contributed by atoms with Crippen LogP contribution in [0.3, 0.4) is 0 Å². The maximum Gasteiger partial charge on any atom is 0.266 e. The molecule has 0 bridgehead atoms. The molecule has 0 heterocycles. The van der Waals surface area contributed by atoms with Crippen LogP contribution >= 0.6 is 39.1 Å². The molecule has 5 nitrogen and oxygen atoms in total. The lowest BCUT2D eigenvalue weighted by atomic mass is 10.1. The van der Waals surface area contributed by atoms with Crippen LogP contribution in [-0.4, -0.2) is 18.1 Å². The first-order valence-corrected chi connectivity index (χ1v) is 8.34. The second-order valence-corrected chi connectivity index (χ2v) is 6.56. The van der Waals surface area contributed by atoms with Crippen LogP contribution < -0.4 is 10.1 Å². The van der Waals surface area contributed by atoms with Crippen LogP contribution in [0.5, 0.6) is 11.5 Å². The summed E-state index contributed by atoms with van der Waals surface area (Å²) in [6.45, 7) is 0. The van der Waals surface area contributed by atoms with Crippen LogP contribution in [0.1, 0.15) is 5.56 Å². The van der Waals surface area contributed by atoms with Crippen molar-refractivity contribution in [3.05, 3.63) is 56.0 Å². The molecule has 2 aromatic rings. The number of phenolic OH excluding ortho intramolecular Hbond substituents is 1. The van der Waals surface area contributed by atoms with E-state index in [2.05, 4.69) is 21.2 Å². The summed E-state index contributed by atoms with van der Waals surface area (Å²) in [5, 5.41) is 22.4.